The maximum Gasteiger partial charge on any atom is 0.305 e. The van der Waals surface area contributed by atoms with Gasteiger partial charge in [-0.1, -0.05) is 306 Å². The normalized spacial score (nSPS) is 13.0. The van der Waals surface area contributed by atoms with Crippen molar-refractivity contribution in [1.82, 2.24) is 5.32 Å². The first-order chi connectivity index (χ1) is 37.0. The monoisotopic (exact) mass is 1050 g/mol. The highest BCUT2D eigenvalue weighted by molar-refractivity contribution is 5.76. The van der Waals surface area contributed by atoms with Crippen molar-refractivity contribution in [1.29, 1.82) is 0 Å². The summed E-state index contributed by atoms with van der Waals surface area (Å²) >= 11 is 0. The fraction of sp³-hybridized carbons (Fsp3) is 0.826. The first-order valence-corrected chi connectivity index (χ1v) is 33.1. The van der Waals surface area contributed by atoms with Crippen LogP contribution in [-0.2, 0) is 14.3 Å². The van der Waals surface area contributed by atoms with Gasteiger partial charge in [-0.2, -0.15) is 0 Å². The molecule has 0 aromatic rings. The number of carbonyl (C=O) groups is 2. The van der Waals surface area contributed by atoms with Crippen molar-refractivity contribution in [3.63, 3.8) is 0 Å². The minimum atomic E-state index is -0.851. The van der Waals surface area contributed by atoms with Crippen LogP contribution in [0.15, 0.2) is 60.8 Å². The highest BCUT2D eigenvalue weighted by Gasteiger charge is 2.18. The second-order valence-electron chi connectivity index (χ2n) is 22.4. The van der Waals surface area contributed by atoms with E-state index in [9.17, 15) is 19.8 Å². The molecule has 0 fully saturated rings. The lowest BCUT2D eigenvalue weighted by atomic mass is 10.0. The van der Waals surface area contributed by atoms with E-state index in [4.69, 9.17) is 4.74 Å². The zero-order valence-electron chi connectivity index (χ0n) is 50.0. The van der Waals surface area contributed by atoms with Crippen LogP contribution in [0, 0.1) is 0 Å². The molecular weight excluding hydrogens is 923 g/mol. The van der Waals surface area contributed by atoms with Gasteiger partial charge in [0.2, 0.25) is 5.91 Å². The topological polar surface area (TPSA) is 95.9 Å². The zero-order valence-corrected chi connectivity index (χ0v) is 50.0. The number of allylic oxidation sites excluding steroid dienone is 8. The molecule has 0 aliphatic heterocycles. The molecule has 2 unspecified atom stereocenters. The largest absolute Gasteiger partial charge is 0.465 e. The second kappa shape index (κ2) is 64.1. The van der Waals surface area contributed by atoms with E-state index in [1.165, 1.54) is 250 Å². The molecule has 438 valence electrons. The lowest BCUT2D eigenvalue weighted by Gasteiger charge is -2.20. The van der Waals surface area contributed by atoms with Gasteiger partial charge in [-0.05, 0) is 83.5 Å². The van der Waals surface area contributed by atoms with Gasteiger partial charge in [-0.25, -0.2) is 0 Å². The van der Waals surface area contributed by atoms with Crippen LogP contribution < -0.4 is 5.32 Å². The molecule has 0 saturated carbocycles. The van der Waals surface area contributed by atoms with Crippen molar-refractivity contribution >= 4 is 11.9 Å². The molecule has 0 spiro atoms. The van der Waals surface area contributed by atoms with Gasteiger partial charge in [0, 0.05) is 12.8 Å². The average Bonchev–Trinajstić information content (AvgIpc) is 3.41. The maximum absolute atomic E-state index is 12.5. The van der Waals surface area contributed by atoms with E-state index in [-0.39, 0.29) is 18.5 Å². The Morgan fingerprint density at radius 1 is 0.373 bits per heavy atom. The third-order valence-corrected chi connectivity index (χ3v) is 15.0. The quantitative estimate of drug-likeness (QED) is 0.0320. The van der Waals surface area contributed by atoms with Crippen molar-refractivity contribution in [3.05, 3.63) is 60.8 Å². The standard InChI is InChI=1S/C69H127NO5/c1-3-5-7-9-11-13-15-17-19-21-22-24-27-30-33-37-41-45-49-53-57-61-67(72)66(65-71)70-68(73)62-58-54-50-46-42-38-34-31-28-25-23-26-29-32-36-40-44-48-52-56-60-64-75-69(74)63-59-55-51-47-43-39-35-20-18-16-14-12-10-8-6-4-2/h14,16,20,35,40,44,52,56-57,61,66-67,71-72H,3-13,15,17-19,21-34,36-39,41-43,45-51,53-55,58-60,62-65H2,1-2H3,(H,70,73)/b16-14-,35-20-,44-40-,56-52-,61-57+. The lowest BCUT2D eigenvalue weighted by molar-refractivity contribution is -0.143. The van der Waals surface area contributed by atoms with E-state index in [2.05, 4.69) is 67.8 Å². The molecule has 0 bridgehead atoms. The molecular formula is C69H127NO5. The number of nitrogens with one attached hydrogen (secondary N) is 1. The van der Waals surface area contributed by atoms with Gasteiger partial charge in [-0.15, -0.1) is 0 Å². The van der Waals surface area contributed by atoms with Crippen LogP contribution in [0.4, 0.5) is 0 Å². The number of amides is 1. The number of aliphatic hydroxyl groups excluding tert-OH is 2. The molecule has 2 atom stereocenters. The molecule has 0 saturated heterocycles. The van der Waals surface area contributed by atoms with E-state index in [1.807, 2.05) is 6.08 Å². The zero-order chi connectivity index (χ0) is 54.3. The lowest BCUT2D eigenvalue weighted by Crippen LogP contribution is -2.45. The molecule has 6 heteroatoms. The van der Waals surface area contributed by atoms with Gasteiger partial charge in [0.1, 0.15) is 0 Å². The summed E-state index contributed by atoms with van der Waals surface area (Å²) in [5, 5.41) is 23.2. The minimum absolute atomic E-state index is 0.0495. The number of unbranched alkanes of at least 4 members (excludes halogenated alkanes) is 42. The predicted octanol–water partition coefficient (Wildman–Crippen LogP) is 21.1. The number of ether oxygens (including phenoxy) is 1. The minimum Gasteiger partial charge on any atom is -0.465 e. The van der Waals surface area contributed by atoms with Gasteiger partial charge in [-0.3, -0.25) is 9.59 Å². The highest BCUT2D eigenvalue weighted by atomic mass is 16.5. The molecule has 0 aromatic carbocycles. The number of carbonyl (C=O) groups excluding carboxylic acids is 2. The molecule has 0 heterocycles. The molecule has 0 rings (SSSR count). The van der Waals surface area contributed by atoms with Crippen molar-refractivity contribution in [2.45, 2.75) is 353 Å². The Bertz CT molecular complexity index is 1300. The van der Waals surface area contributed by atoms with Crippen LogP contribution in [0.3, 0.4) is 0 Å². The van der Waals surface area contributed by atoms with E-state index < -0.39 is 12.1 Å². The van der Waals surface area contributed by atoms with Crippen molar-refractivity contribution in [2.24, 2.45) is 0 Å². The number of hydrogen-bond donors (Lipinski definition) is 3. The van der Waals surface area contributed by atoms with Crippen LogP contribution >= 0.6 is 0 Å². The Balaban J connectivity index is 3.49. The van der Waals surface area contributed by atoms with Crippen LogP contribution in [0.2, 0.25) is 0 Å². The summed E-state index contributed by atoms with van der Waals surface area (Å²) in [6, 6.07) is -0.634. The van der Waals surface area contributed by atoms with Crippen LogP contribution in [0.25, 0.3) is 0 Å². The van der Waals surface area contributed by atoms with Crippen LogP contribution in [0.5, 0.6) is 0 Å². The predicted molar refractivity (Wildman–Crippen MR) is 328 cm³/mol. The van der Waals surface area contributed by atoms with Crippen molar-refractivity contribution < 1.29 is 24.5 Å². The third kappa shape index (κ3) is 60.6. The average molecular weight is 1050 g/mol. The van der Waals surface area contributed by atoms with Gasteiger partial charge in [0.05, 0.1) is 25.4 Å². The Hall–Kier alpha value is -2.44. The number of aliphatic hydroxyl groups is 2. The van der Waals surface area contributed by atoms with E-state index in [0.717, 1.165) is 64.2 Å². The molecule has 6 nitrogen and oxygen atoms in total. The van der Waals surface area contributed by atoms with Gasteiger partial charge in [0.25, 0.3) is 0 Å². The van der Waals surface area contributed by atoms with Gasteiger partial charge in [0.15, 0.2) is 0 Å². The van der Waals surface area contributed by atoms with Crippen LogP contribution in [-0.4, -0.2) is 47.4 Å². The van der Waals surface area contributed by atoms with Crippen molar-refractivity contribution in [3.8, 4) is 0 Å². The summed E-state index contributed by atoms with van der Waals surface area (Å²) in [7, 11) is 0. The van der Waals surface area contributed by atoms with Gasteiger partial charge < -0.3 is 20.3 Å². The molecule has 0 aliphatic carbocycles. The summed E-state index contributed by atoms with van der Waals surface area (Å²) in [5.41, 5.74) is 0. The molecule has 0 aliphatic rings. The second-order valence-corrected chi connectivity index (χ2v) is 22.4. The Morgan fingerprint density at radius 3 is 1.03 bits per heavy atom. The Morgan fingerprint density at radius 2 is 0.667 bits per heavy atom. The smallest absolute Gasteiger partial charge is 0.305 e. The highest BCUT2D eigenvalue weighted by Crippen LogP contribution is 2.17. The van der Waals surface area contributed by atoms with E-state index in [0.29, 0.717) is 19.4 Å². The van der Waals surface area contributed by atoms with Crippen LogP contribution in [0.1, 0.15) is 341 Å². The summed E-state index contributed by atoms with van der Waals surface area (Å²) in [6.07, 6.45) is 84.3. The SMILES string of the molecule is CCCCCC/C=C\C/C=C\CCCCCCCC(=O)OCC/C=C\C/C=C\CCCCCCCCCCCCCCCCC(=O)NC(CO)C(O)/C=C/CCCCCCCCCCCCCCCCCCCCC. The number of esters is 1. The summed E-state index contributed by atoms with van der Waals surface area (Å²) in [4.78, 5) is 24.6. The summed E-state index contributed by atoms with van der Waals surface area (Å²) < 4.78 is 5.42. The molecule has 3 N–H and O–H groups in total. The fourth-order valence-corrected chi connectivity index (χ4v) is 9.97. The van der Waals surface area contributed by atoms with Gasteiger partial charge >= 0.3 is 5.97 Å². The first-order valence-electron chi connectivity index (χ1n) is 33.1. The summed E-state index contributed by atoms with van der Waals surface area (Å²) in [6.45, 7) is 4.79. The summed E-state index contributed by atoms with van der Waals surface area (Å²) in [5.74, 6) is -0.121. The van der Waals surface area contributed by atoms with Crippen molar-refractivity contribution in [2.75, 3.05) is 13.2 Å². The molecule has 0 aromatic heterocycles. The Labute approximate surface area is 467 Å². The molecule has 0 radical (unpaired) electrons. The third-order valence-electron chi connectivity index (χ3n) is 15.0. The maximum atomic E-state index is 12.5. The molecule has 75 heavy (non-hydrogen) atoms. The number of rotatable bonds is 61. The fourth-order valence-electron chi connectivity index (χ4n) is 9.97. The van der Waals surface area contributed by atoms with E-state index in [1.54, 1.807) is 6.08 Å². The molecule has 1 amide bonds. The van der Waals surface area contributed by atoms with E-state index >= 15 is 0 Å². The Kier molecular flexibility index (Phi) is 62.0. The number of hydrogen-bond acceptors (Lipinski definition) is 5. The first kappa shape index (κ1) is 72.6.